The number of amides is 1. The highest BCUT2D eigenvalue weighted by Crippen LogP contribution is 2.65. The number of carbonyl (C=O) groups is 1. The molecule has 1 heterocycles. The highest BCUT2D eigenvalue weighted by molar-refractivity contribution is 5.67. The highest BCUT2D eigenvalue weighted by atomic mass is 16.4. The first-order valence-electron chi connectivity index (χ1n) is 6.42. The fraction of sp³-hybridized carbons (Fsp3) is 0.923. The van der Waals surface area contributed by atoms with Gasteiger partial charge in [-0.2, -0.15) is 0 Å². The number of carboxylic acid groups (broad SMARTS) is 1. The fourth-order valence-corrected chi connectivity index (χ4v) is 4.06. The van der Waals surface area contributed by atoms with Gasteiger partial charge in [0.2, 0.25) is 0 Å². The second kappa shape index (κ2) is 3.61. The van der Waals surface area contributed by atoms with Crippen molar-refractivity contribution in [3.8, 4) is 0 Å². The minimum absolute atomic E-state index is 0.105. The summed E-state index contributed by atoms with van der Waals surface area (Å²) >= 11 is 0. The molecular formula is C13H23NO3. The number of nitrogens with zero attached hydrogens (tertiary/aromatic N) is 1. The van der Waals surface area contributed by atoms with E-state index in [-0.39, 0.29) is 23.0 Å². The normalized spacial score (nSPS) is 31.6. The van der Waals surface area contributed by atoms with Crippen molar-refractivity contribution in [2.45, 2.75) is 52.0 Å². The van der Waals surface area contributed by atoms with Gasteiger partial charge in [0.05, 0.1) is 12.1 Å². The zero-order chi connectivity index (χ0) is 12.9. The minimum Gasteiger partial charge on any atom is -0.465 e. The Kier molecular flexibility index (Phi) is 2.69. The minimum atomic E-state index is -0.836. The van der Waals surface area contributed by atoms with Gasteiger partial charge in [-0.3, -0.25) is 0 Å². The lowest BCUT2D eigenvalue weighted by Crippen LogP contribution is -2.62. The number of rotatable bonds is 2. The van der Waals surface area contributed by atoms with E-state index in [2.05, 4.69) is 20.8 Å². The van der Waals surface area contributed by atoms with Gasteiger partial charge in [-0.15, -0.1) is 0 Å². The Morgan fingerprint density at radius 2 is 1.88 bits per heavy atom. The van der Waals surface area contributed by atoms with Gasteiger partial charge in [0.25, 0.3) is 0 Å². The van der Waals surface area contributed by atoms with Crippen LogP contribution < -0.4 is 0 Å². The Balaban J connectivity index is 2.48. The number of hydrogen-bond acceptors (Lipinski definition) is 2. The molecule has 0 unspecified atom stereocenters. The molecule has 1 atom stereocenters. The molecule has 0 radical (unpaired) electrons. The molecule has 1 amide bonds. The fourth-order valence-electron chi connectivity index (χ4n) is 4.06. The predicted molar refractivity (Wildman–Crippen MR) is 64.9 cm³/mol. The largest absolute Gasteiger partial charge is 0.465 e. The van der Waals surface area contributed by atoms with Crippen molar-refractivity contribution in [3.05, 3.63) is 0 Å². The molecule has 4 heteroatoms. The first-order valence-corrected chi connectivity index (χ1v) is 6.42. The van der Waals surface area contributed by atoms with Crippen LogP contribution in [0, 0.1) is 10.8 Å². The summed E-state index contributed by atoms with van der Waals surface area (Å²) in [6.45, 7) is 7.01. The summed E-state index contributed by atoms with van der Waals surface area (Å²) in [4.78, 5) is 13.1. The third-order valence-electron chi connectivity index (χ3n) is 4.89. The Labute approximate surface area is 103 Å². The van der Waals surface area contributed by atoms with Gasteiger partial charge in [0, 0.05) is 12.0 Å². The third-order valence-corrected chi connectivity index (χ3v) is 4.89. The third kappa shape index (κ3) is 1.49. The van der Waals surface area contributed by atoms with Crippen LogP contribution >= 0.6 is 0 Å². The number of likely N-dealkylation sites (tertiary alicyclic amines) is 1. The van der Waals surface area contributed by atoms with Crippen molar-refractivity contribution in [1.29, 1.82) is 0 Å². The second-order valence-electron chi connectivity index (χ2n) is 6.59. The van der Waals surface area contributed by atoms with Crippen LogP contribution in [0.3, 0.4) is 0 Å². The van der Waals surface area contributed by atoms with E-state index in [0.29, 0.717) is 6.54 Å². The van der Waals surface area contributed by atoms with Crippen LogP contribution in [0.5, 0.6) is 0 Å². The highest BCUT2D eigenvalue weighted by Gasteiger charge is 2.68. The standard InChI is InChI=1S/C13H23NO3/c1-11(2,3)13(12(9-15)6-7-12)5-4-8-14(13)10(16)17/h15H,4-9H2,1-3H3,(H,16,17)/t13-/m1/s1. The van der Waals surface area contributed by atoms with E-state index in [0.717, 1.165) is 25.7 Å². The van der Waals surface area contributed by atoms with Crippen LogP contribution in [0.2, 0.25) is 0 Å². The summed E-state index contributed by atoms with van der Waals surface area (Å²) in [6.07, 6.45) is 2.85. The SMILES string of the molecule is CC(C)(C)[C@@]1(C2(CO)CC2)CCCN1C(=O)O. The maximum atomic E-state index is 11.5. The molecule has 0 aromatic carbocycles. The van der Waals surface area contributed by atoms with Gasteiger partial charge in [-0.25, -0.2) is 4.79 Å². The number of aliphatic hydroxyl groups excluding tert-OH is 1. The average Bonchev–Trinajstić information content (AvgIpc) is 2.87. The van der Waals surface area contributed by atoms with Crippen LogP contribution in [0.4, 0.5) is 4.79 Å². The Bertz CT molecular complexity index is 330. The lowest BCUT2D eigenvalue weighted by Gasteiger charge is -2.52. The lowest BCUT2D eigenvalue weighted by atomic mass is 9.62. The second-order valence-corrected chi connectivity index (χ2v) is 6.59. The van der Waals surface area contributed by atoms with Crippen LogP contribution in [-0.2, 0) is 0 Å². The predicted octanol–water partition coefficient (Wildman–Crippen LogP) is 2.32. The van der Waals surface area contributed by atoms with E-state index >= 15 is 0 Å². The summed E-state index contributed by atoms with van der Waals surface area (Å²) in [5.74, 6) is 0. The molecule has 2 aliphatic rings. The zero-order valence-electron chi connectivity index (χ0n) is 11.0. The van der Waals surface area contributed by atoms with E-state index in [1.165, 1.54) is 0 Å². The summed E-state index contributed by atoms with van der Waals surface area (Å²) in [5.41, 5.74) is -0.720. The van der Waals surface area contributed by atoms with Gasteiger partial charge in [0.1, 0.15) is 0 Å². The smallest absolute Gasteiger partial charge is 0.407 e. The molecule has 98 valence electrons. The molecular weight excluding hydrogens is 218 g/mol. The van der Waals surface area contributed by atoms with Crippen molar-refractivity contribution in [2.24, 2.45) is 10.8 Å². The van der Waals surface area contributed by atoms with E-state index in [1.54, 1.807) is 4.90 Å². The lowest BCUT2D eigenvalue weighted by molar-refractivity contribution is -0.0469. The number of aliphatic hydroxyl groups is 1. The van der Waals surface area contributed by atoms with Crippen molar-refractivity contribution >= 4 is 6.09 Å². The Morgan fingerprint density at radius 3 is 2.24 bits per heavy atom. The maximum absolute atomic E-state index is 11.5. The summed E-state index contributed by atoms with van der Waals surface area (Å²) in [7, 11) is 0. The summed E-state index contributed by atoms with van der Waals surface area (Å²) < 4.78 is 0. The summed E-state index contributed by atoms with van der Waals surface area (Å²) in [5, 5.41) is 19.2. The van der Waals surface area contributed by atoms with Crippen LogP contribution in [-0.4, -0.2) is 39.9 Å². The molecule has 0 spiro atoms. The van der Waals surface area contributed by atoms with Crippen LogP contribution in [0.15, 0.2) is 0 Å². The van der Waals surface area contributed by atoms with Gasteiger partial charge in [0.15, 0.2) is 0 Å². The Morgan fingerprint density at radius 1 is 1.29 bits per heavy atom. The maximum Gasteiger partial charge on any atom is 0.407 e. The zero-order valence-corrected chi connectivity index (χ0v) is 11.0. The van der Waals surface area contributed by atoms with E-state index < -0.39 is 6.09 Å². The Hall–Kier alpha value is -0.770. The molecule has 0 aromatic heterocycles. The molecule has 0 bridgehead atoms. The van der Waals surface area contributed by atoms with Crippen LogP contribution in [0.1, 0.15) is 46.5 Å². The molecule has 2 fully saturated rings. The molecule has 1 aliphatic heterocycles. The molecule has 1 saturated heterocycles. The number of hydrogen-bond donors (Lipinski definition) is 2. The average molecular weight is 241 g/mol. The first kappa shape index (κ1) is 12.7. The van der Waals surface area contributed by atoms with Gasteiger partial charge in [-0.05, 0) is 31.1 Å². The van der Waals surface area contributed by atoms with Crippen molar-refractivity contribution in [3.63, 3.8) is 0 Å². The first-order chi connectivity index (χ1) is 7.81. The summed E-state index contributed by atoms with van der Waals surface area (Å²) in [6, 6.07) is 0. The molecule has 4 nitrogen and oxygen atoms in total. The van der Waals surface area contributed by atoms with E-state index in [9.17, 15) is 15.0 Å². The quantitative estimate of drug-likeness (QED) is 0.780. The van der Waals surface area contributed by atoms with Gasteiger partial charge < -0.3 is 15.1 Å². The molecule has 1 saturated carbocycles. The molecule has 17 heavy (non-hydrogen) atoms. The van der Waals surface area contributed by atoms with Crippen molar-refractivity contribution in [1.82, 2.24) is 4.90 Å². The van der Waals surface area contributed by atoms with Crippen molar-refractivity contribution in [2.75, 3.05) is 13.2 Å². The molecule has 2 N–H and O–H groups in total. The van der Waals surface area contributed by atoms with E-state index in [1.807, 2.05) is 0 Å². The van der Waals surface area contributed by atoms with Crippen LogP contribution in [0.25, 0.3) is 0 Å². The molecule has 1 aliphatic carbocycles. The van der Waals surface area contributed by atoms with Gasteiger partial charge >= 0.3 is 6.09 Å². The molecule has 2 rings (SSSR count). The topological polar surface area (TPSA) is 60.8 Å². The van der Waals surface area contributed by atoms with Crippen molar-refractivity contribution < 1.29 is 15.0 Å². The molecule has 0 aromatic rings. The van der Waals surface area contributed by atoms with Gasteiger partial charge in [-0.1, -0.05) is 20.8 Å². The monoisotopic (exact) mass is 241 g/mol. The van der Waals surface area contributed by atoms with E-state index in [4.69, 9.17) is 0 Å².